The first-order valence-electron chi connectivity index (χ1n) is 9.54. The van der Waals surface area contributed by atoms with Crippen molar-refractivity contribution in [2.24, 2.45) is 0 Å². The zero-order valence-corrected chi connectivity index (χ0v) is 16.7. The van der Waals surface area contributed by atoms with Gasteiger partial charge in [-0.15, -0.1) is 0 Å². The molecule has 2 aromatic carbocycles. The number of nitrogens with one attached hydrogen (secondary N) is 1. The predicted molar refractivity (Wildman–Crippen MR) is 110 cm³/mol. The second kappa shape index (κ2) is 8.61. The van der Waals surface area contributed by atoms with Gasteiger partial charge in [0.15, 0.2) is 4.75 Å². The Balaban J connectivity index is 2.17. The quantitative estimate of drug-likeness (QED) is 0.734. The highest BCUT2D eigenvalue weighted by Crippen LogP contribution is 2.56. The highest BCUT2D eigenvalue weighted by atomic mass is 32.2. The van der Waals surface area contributed by atoms with Gasteiger partial charge in [-0.05, 0) is 35.9 Å². The Morgan fingerprint density at radius 2 is 1.67 bits per heavy atom. The van der Waals surface area contributed by atoms with E-state index in [1.54, 1.807) is 4.31 Å². The SMILES string of the molecule is CCCNC(=O)C1(c2ccccc2)SN(CCC)C(=O)C1c1ccccc1. The van der Waals surface area contributed by atoms with Crippen molar-refractivity contribution < 1.29 is 9.59 Å². The molecular weight excluding hydrogens is 356 g/mol. The third-order valence-electron chi connectivity index (χ3n) is 4.79. The minimum atomic E-state index is -0.996. The van der Waals surface area contributed by atoms with Gasteiger partial charge in [-0.1, -0.05) is 74.5 Å². The molecule has 1 saturated heterocycles. The Labute approximate surface area is 165 Å². The van der Waals surface area contributed by atoms with Crippen LogP contribution in [-0.4, -0.2) is 29.2 Å². The minimum absolute atomic E-state index is 0.00329. The molecule has 1 heterocycles. The summed E-state index contributed by atoms with van der Waals surface area (Å²) >= 11 is 1.38. The molecule has 0 bridgehead atoms. The van der Waals surface area contributed by atoms with Gasteiger partial charge in [-0.2, -0.15) is 0 Å². The molecule has 1 N–H and O–H groups in total. The number of carbonyl (C=O) groups is 2. The maximum atomic E-state index is 13.5. The number of hydrogen-bond acceptors (Lipinski definition) is 3. The third-order valence-corrected chi connectivity index (χ3v) is 6.32. The lowest BCUT2D eigenvalue weighted by atomic mass is 9.79. The molecule has 0 aromatic heterocycles. The number of carbonyl (C=O) groups excluding carboxylic acids is 2. The van der Waals surface area contributed by atoms with E-state index in [1.807, 2.05) is 74.5 Å². The largest absolute Gasteiger partial charge is 0.355 e. The minimum Gasteiger partial charge on any atom is -0.355 e. The first-order chi connectivity index (χ1) is 13.1. The Kier molecular flexibility index (Phi) is 6.22. The van der Waals surface area contributed by atoms with Gasteiger partial charge in [0.25, 0.3) is 0 Å². The van der Waals surface area contributed by atoms with Gasteiger partial charge in [0.2, 0.25) is 11.8 Å². The summed E-state index contributed by atoms with van der Waals surface area (Å²) in [5, 5.41) is 3.06. The molecule has 2 aromatic rings. The fourth-order valence-electron chi connectivity index (χ4n) is 3.55. The van der Waals surface area contributed by atoms with Crippen LogP contribution in [0.5, 0.6) is 0 Å². The van der Waals surface area contributed by atoms with Crippen LogP contribution in [0.4, 0.5) is 0 Å². The van der Waals surface area contributed by atoms with Crippen LogP contribution in [0.1, 0.15) is 43.7 Å². The average molecular weight is 383 g/mol. The summed E-state index contributed by atoms with van der Waals surface area (Å²) in [6, 6.07) is 19.4. The van der Waals surface area contributed by atoms with Crippen molar-refractivity contribution in [1.29, 1.82) is 0 Å². The Morgan fingerprint density at radius 1 is 1.04 bits per heavy atom. The third kappa shape index (κ3) is 3.61. The summed E-state index contributed by atoms with van der Waals surface area (Å²) in [5.41, 5.74) is 1.74. The maximum Gasteiger partial charge on any atom is 0.243 e. The fraction of sp³-hybridized carbons (Fsp3) is 0.364. The molecule has 3 rings (SSSR count). The highest BCUT2D eigenvalue weighted by molar-refractivity contribution is 7.99. The smallest absolute Gasteiger partial charge is 0.243 e. The molecule has 2 amide bonds. The van der Waals surface area contributed by atoms with E-state index in [0.717, 1.165) is 24.0 Å². The van der Waals surface area contributed by atoms with E-state index in [4.69, 9.17) is 0 Å². The van der Waals surface area contributed by atoms with Crippen LogP contribution in [0.2, 0.25) is 0 Å². The van der Waals surface area contributed by atoms with Crippen molar-refractivity contribution in [2.75, 3.05) is 13.1 Å². The molecule has 1 aliphatic heterocycles. The molecule has 5 heteroatoms. The van der Waals surface area contributed by atoms with E-state index < -0.39 is 10.7 Å². The van der Waals surface area contributed by atoms with Crippen LogP contribution >= 0.6 is 11.9 Å². The summed E-state index contributed by atoms with van der Waals surface area (Å²) in [7, 11) is 0. The van der Waals surface area contributed by atoms with Gasteiger partial charge in [-0.3, -0.25) is 13.9 Å². The van der Waals surface area contributed by atoms with Crippen molar-refractivity contribution in [3.8, 4) is 0 Å². The normalized spacial score (nSPS) is 22.1. The van der Waals surface area contributed by atoms with Crippen molar-refractivity contribution >= 4 is 23.8 Å². The van der Waals surface area contributed by atoms with Crippen LogP contribution < -0.4 is 5.32 Å². The first-order valence-corrected chi connectivity index (χ1v) is 10.3. The molecule has 0 radical (unpaired) electrons. The molecule has 0 spiro atoms. The monoisotopic (exact) mass is 382 g/mol. The van der Waals surface area contributed by atoms with Crippen LogP contribution in [-0.2, 0) is 14.3 Å². The van der Waals surface area contributed by atoms with Crippen molar-refractivity contribution in [1.82, 2.24) is 9.62 Å². The molecule has 27 heavy (non-hydrogen) atoms. The maximum absolute atomic E-state index is 13.5. The summed E-state index contributed by atoms with van der Waals surface area (Å²) in [6.07, 6.45) is 1.70. The molecule has 142 valence electrons. The molecule has 0 aliphatic carbocycles. The molecule has 1 aliphatic rings. The lowest BCUT2D eigenvalue weighted by Gasteiger charge is -2.31. The van der Waals surface area contributed by atoms with Crippen molar-refractivity contribution in [2.45, 2.75) is 37.4 Å². The molecule has 0 saturated carbocycles. The number of nitrogens with zero attached hydrogens (tertiary/aromatic N) is 1. The van der Waals surface area contributed by atoms with E-state index in [2.05, 4.69) is 5.32 Å². The summed E-state index contributed by atoms with van der Waals surface area (Å²) in [6.45, 7) is 5.30. The second-order valence-corrected chi connectivity index (χ2v) is 8.00. The molecule has 1 fully saturated rings. The molecular formula is C22H26N2O2S. The summed E-state index contributed by atoms with van der Waals surface area (Å²) in [4.78, 5) is 26.9. The lowest BCUT2D eigenvalue weighted by Crippen LogP contribution is -2.45. The van der Waals surface area contributed by atoms with Gasteiger partial charge in [0.05, 0.1) is 5.92 Å². The van der Waals surface area contributed by atoms with Gasteiger partial charge in [0, 0.05) is 13.1 Å². The average Bonchev–Trinajstić information content (AvgIpc) is 3.01. The van der Waals surface area contributed by atoms with Gasteiger partial charge in [0.1, 0.15) is 0 Å². The number of rotatable bonds is 7. The Bertz CT molecular complexity index is 781. The molecule has 2 atom stereocenters. The van der Waals surface area contributed by atoms with E-state index in [0.29, 0.717) is 13.1 Å². The van der Waals surface area contributed by atoms with E-state index in [9.17, 15) is 9.59 Å². The van der Waals surface area contributed by atoms with Crippen molar-refractivity contribution in [3.63, 3.8) is 0 Å². The van der Waals surface area contributed by atoms with E-state index in [1.165, 1.54) is 11.9 Å². The van der Waals surface area contributed by atoms with Crippen LogP contribution in [0, 0.1) is 0 Å². The Morgan fingerprint density at radius 3 is 2.26 bits per heavy atom. The lowest BCUT2D eigenvalue weighted by molar-refractivity contribution is -0.131. The molecule has 4 nitrogen and oxygen atoms in total. The second-order valence-electron chi connectivity index (χ2n) is 6.73. The zero-order chi connectivity index (χ0) is 19.3. The number of amides is 2. The summed E-state index contributed by atoms with van der Waals surface area (Å²) in [5.74, 6) is -0.639. The standard InChI is InChI=1S/C22H26N2O2S/c1-3-15-23-21(26)22(18-13-9-6-10-14-18)19(17-11-7-5-8-12-17)20(25)24(27-22)16-4-2/h5-14,19H,3-4,15-16H2,1-2H3,(H,23,26). The van der Waals surface area contributed by atoms with E-state index in [-0.39, 0.29) is 11.8 Å². The number of hydrogen-bond donors (Lipinski definition) is 1. The van der Waals surface area contributed by atoms with E-state index >= 15 is 0 Å². The topological polar surface area (TPSA) is 49.4 Å². The van der Waals surface area contributed by atoms with Gasteiger partial charge < -0.3 is 5.32 Å². The Hall–Kier alpha value is -2.27. The van der Waals surface area contributed by atoms with Crippen LogP contribution in [0.3, 0.4) is 0 Å². The van der Waals surface area contributed by atoms with Crippen LogP contribution in [0.15, 0.2) is 60.7 Å². The van der Waals surface area contributed by atoms with Gasteiger partial charge >= 0.3 is 0 Å². The van der Waals surface area contributed by atoms with Gasteiger partial charge in [-0.25, -0.2) is 0 Å². The number of benzene rings is 2. The summed E-state index contributed by atoms with van der Waals surface area (Å²) < 4.78 is 0.778. The fourth-order valence-corrected chi connectivity index (χ4v) is 5.11. The molecule has 2 unspecified atom stereocenters. The highest BCUT2D eigenvalue weighted by Gasteiger charge is 2.59. The van der Waals surface area contributed by atoms with Crippen LogP contribution in [0.25, 0.3) is 0 Å². The predicted octanol–water partition coefficient (Wildman–Crippen LogP) is 4.09. The first kappa shape index (κ1) is 19.5. The zero-order valence-electron chi connectivity index (χ0n) is 15.9. The van der Waals surface area contributed by atoms with Crippen molar-refractivity contribution in [3.05, 3.63) is 71.8 Å².